The number of hydrogen-bond donors (Lipinski definition) is 1. The van der Waals surface area contributed by atoms with E-state index < -0.39 is 0 Å². The van der Waals surface area contributed by atoms with Crippen LogP contribution in [0.1, 0.15) is 15.2 Å². The van der Waals surface area contributed by atoms with Gasteiger partial charge in [0.15, 0.2) is 0 Å². The highest BCUT2D eigenvalue weighted by Gasteiger charge is 2.17. The highest BCUT2D eigenvalue weighted by Crippen LogP contribution is 2.20. The number of carbonyl (C=O) groups is 1. The number of halogens is 1. The first kappa shape index (κ1) is 14.0. The van der Waals surface area contributed by atoms with Gasteiger partial charge in [0, 0.05) is 29.6 Å². The Hall–Kier alpha value is -1.40. The first-order valence-corrected chi connectivity index (χ1v) is 7.40. The second-order valence-corrected chi connectivity index (χ2v) is 5.99. The van der Waals surface area contributed by atoms with E-state index in [1.807, 2.05) is 17.5 Å². The largest absolute Gasteiger partial charge is 0.372 e. The third kappa shape index (κ3) is 3.33. The number of hydrogen-bond acceptors (Lipinski definition) is 4. The zero-order valence-electron chi connectivity index (χ0n) is 10.7. The van der Waals surface area contributed by atoms with Crippen molar-refractivity contribution in [3.05, 3.63) is 44.7 Å². The first-order chi connectivity index (χ1) is 9.11. The minimum atomic E-state index is -0.0495. The van der Waals surface area contributed by atoms with Gasteiger partial charge in [0.2, 0.25) is 0 Å². The maximum Gasteiger partial charge on any atom is 0.257 e. The van der Waals surface area contributed by atoms with Crippen molar-refractivity contribution in [2.24, 2.45) is 0 Å². The standard InChI is InChI=1S/C13H14BrN3OS/c1-15-12-11(6-9(14)7-16-12)13(18)17(2)8-10-4-3-5-19-10/h3-7H,8H2,1-2H3,(H,15,16). The van der Waals surface area contributed by atoms with E-state index in [9.17, 15) is 4.79 Å². The van der Waals surface area contributed by atoms with Crippen molar-refractivity contribution in [3.63, 3.8) is 0 Å². The molecule has 2 aromatic heterocycles. The minimum absolute atomic E-state index is 0.0495. The van der Waals surface area contributed by atoms with E-state index in [1.165, 1.54) is 0 Å². The topological polar surface area (TPSA) is 45.2 Å². The summed E-state index contributed by atoms with van der Waals surface area (Å²) in [5.74, 6) is 0.540. The van der Waals surface area contributed by atoms with E-state index in [4.69, 9.17) is 0 Å². The number of thiophene rings is 1. The third-order valence-corrected chi connectivity index (χ3v) is 3.94. The lowest BCUT2D eigenvalue weighted by Gasteiger charge is -2.18. The first-order valence-electron chi connectivity index (χ1n) is 5.73. The van der Waals surface area contributed by atoms with Crippen molar-refractivity contribution in [1.29, 1.82) is 0 Å². The average molecular weight is 340 g/mol. The second kappa shape index (κ2) is 6.16. The fourth-order valence-corrected chi connectivity index (χ4v) is 2.80. The van der Waals surface area contributed by atoms with E-state index in [0.717, 1.165) is 9.35 Å². The number of rotatable bonds is 4. The normalized spacial score (nSPS) is 10.3. The molecule has 0 spiro atoms. The summed E-state index contributed by atoms with van der Waals surface area (Å²) in [5.41, 5.74) is 0.566. The lowest BCUT2D eigenvalue weighted by molar-refractivity contribution is 0.0787. The summed E-state index contributed by atoms with van der Waals surface area (Å²) in [6.07, 6.45) is 1.67. The van der Waals surface area contributed by atoms with Gasteiger partial charge in [-0.3, -0.25) is 4.79 Å². The molecule has 2 heterocycles. The Kier molecular flexibility index (Phi) is 4.55. The van der Waals surface area contributed by atoms with Crippen molar-refractivity contribution in [2.45, 2.75) is 6.54 Å². The number of nitrogens with one attached hydrogen (secondary N) is 1. The fourth-order valence-electron chi connectivity index (χ4n) is 1.72. The highest BCUT2D eigenvalue weighted by atomic mass is 79.9. The van der Waals surface area contributed by atoms with Crippen molar-refractivity contribution >= 4 is 39.0 Å². The maximum atomic E-state index is 12.4. The number of anilines is 1. The average Bonchev–Trinajstić information content (AvgIpc) is 2.90. The van der Waals surface area contributed by atoms with Gasteiger partial charge in [-0.25, -0.2) is 4.98 Å². The summed E-state index contributed by atoms with van der Waals surface area (Å²) in [5, 5.41) is 4.95. The third-order valence-electron chi connectivity index (χ3n) is 2.64. The van der Waals surface area contributed by atoms with Crippen molar-refractivity contribution in [2.75, 3.05) is 19.4 Å². The van der Waals surface area contributed by atoms with Crippen molar-refractivity contribution in [3.8, 4) is 0 Å². The Morgan fingerprint density at radius 2 is 2.37 bits per heavy atom. The quantitative estimate of drug-likeness (QED) is 0.930. The maximum absolute atomic E-state index is 12.4. The molecule has 0 aliphatic carbocycles. The number of nitrogens with zero attached hydrogens (tertiary/aromatic N) is 2. The van der Waals surface area contributed by atoms with Crippen molar-refractivity contribution < 1.29 is 4.79 Å². The molecule has 2 rings (SSSR count). The molecule has 100 valence electrons. The van der Waals surface area contributed by atoms with Gasteiger partial charge in [-0.1, -0.05) is 6.07 Å². The SMILES string of the molecule is CNc1ncc(Br)cc1C(=O)N(C)Cc1cccs1. The molecule has 0 aliphatic rings. The smallest absolute Gasteiger partial charge is 0.257 e. The molecule has 0 fully saturated rings. The monoisotopic (exact) mass is 339 g/mol. The molecule has 6 heteroatoms. The van der Waals surface area contributed by atoms with Crippen LogP contribution < -0.4 is 5.32 Å². The van der Waals surface area contributed by atoms with Crippen LogP contribution in [0.5, 0.6) is 0 Å². The van der Waals surface area contributed by atoms with Gasteiger partial charge in [0.05, 0.1) is 12.1 Å². The molecular weight excluding hydrogens is 326 g/mol. The summed E-state index contributed by atoms with van der Waals surface area (Å²) in [6.45, 7) is 0.603. The van der Waals surface area contributed by atoms with Gasteiger partial charge < -0.3 is 10.2 Å². The van der Waals surface area contributed by atoms with E-state index in [0.29, 0.717) is 17.9 Å². The van der Waals surface area contributed by atoms with Gasteiger partial charge >= 0.3 is 0 Å². The lowest BCUT2D eigenvalue weighted by atomic mass is 10.2. The van der Waals surface area contributed by atoms with Gasteiger partial charge in [-0.05, 0) is 33.4 Å². The Balaban J connectivity index is 2.21. The summed E-state index contributed by atoms with van der Waals surface area (Å²) in [4.78, 5) is 19.5. The zero-order chi connectivity index (χ0) is 13.8. The molecule has 1 N–H and O–H groups in total. The fraction of sp³-hybridized carbons (Fsp3) is 0.231. The minimum Gasteiger partial charge on any atom is -0.372 e. The van der Waals surface area contributed by atoms with E-state index in [1.54, 1.807) is 42.6 Å². The molecule has 0 atom stereocenters. The molecule has 0 unspecified atom stereocenters. The van der Waals surface area contributed by atoms with Crippen LogP contribution in [0.25, 0.3) is 0 Å². The van der Waals surface area contributed by atoms with Crippen LogP contribution in [0.15, 0.2) is 34.2 Å². The highest BCUT2D eigenvalue weighted by molar-refractivity contribution is 9.10. The molecule has 0 saturated carbocycles. The Morgan fingerprint density at radius 3 is 3.00 bits per heavy atom. The summed E-state index contributed by atoms with van der Waals surface area (Å²) in [6, 6.07) is 5.79. The van der Waals surface area contributed by atoms with Crippen LogP contribution >= 0.6 is 27.3 Å². The molecule has 0 bridgehead atoms. The van der Waals surface area contributed by atoms with Crippen LogP contribution in [-0.2, 0) is 6.54 Å². The van der Waals surface area contributed by atoms with E-state index in [2.05, 4.69) is 26.2 Å². The number of carbonyl (C=O) groups excluding carboxylic acids is 1. The van der Waals surface area contributed by atoms with Gasteiger partial charge in [0.25, 0.3) is 5.91 Å². The van der Waals surface area contributed by atoms with E-state index >= 15 is 0 Å². The molecular formula is C13H14BrN3OS. The molecule has 0 aliphatic heterocycles. The van der Waals surface area contributed by atoms with Crippen LogP contribution in [0.4, 0.5) is 5.82 Å². The molecule has 1 amide bonds. The van der Waals surface area contributed by atoms with Gasteiger partial charge in [0.1, 0.15) is 5.82 Å². The van der Waals surface area contributed by atoms with Gasteiger partial charge in [-0.2, -0.15) is 0 Å². The summed E-state index contributed by atoms with van der Waals surface area (Å²) >= 11 is 4.99. The number of aromatic nitrogens is 1. The Bertz CT molecular complexity index is 571. The lowest BCUT2D eigenvalue weighted by Crippen LogP contribution is -2.26. The van der Waals surface area contributed by atoms with Gasteiger partial charge in [-0.15, -0.1) is 11.3 Å². The Labute approximate surface area is 124 Å². The van der Waals surface area contributed by atoms with Crippen LogP contribution in [0.2, 0.25) is 0 Å². The molecule has 2 aromatic rings. The van der Waals surface area contributed by atoms with Crippen LogP contribution in [0, 0.1) is 0 Å². The molecule has 0 radical (unpaired) electrons. The molecule has 19 heavy (non-hydrogen) atoms. The second-order valence-electron chi connectivity index (χ2n) is 4.04. The molecule has 0 saturated heterocycles. The Morgan fingerprint density at radius 1 is 1.58 bits per heavy atom. The van der Waals surface area contributed by atoms with Crippen LogP contribution in [-0.4, -0.2) is 29.9 Å². The number of pyridine rings is 1. The summed E-state index contributed by atoms with van der Waals surface area (Å²) in [7, 11) is 3.55. The molecule has 0 aromatic carbocycles. The number of amides is 1. The predicted molar refractivity (Wildman–Crippen MR) is 81.6 cm³/mol. The zero-order valence-corrected chi connectivity index (χ0v) is 13.1. The van der Waals surface area contributed by atoms with E-state index in [-0.39, 0.29) is 5.91 Å². The van der Waals surface area contributed by atoms with Crippen LogP contribution in [0.3, 0.4) is 0 Å². The van der Waals surface area contributed by atoms with Crippen molar-refractivity contribution in [1.82, 2.24) is 9.88 Å². The molecule has 4 nitrogen and oxygen atoms in total. The predicted octanol–water partition coefficient (Wildman–Crippen LogP) is 3.22. The summed E-state index contributed by atoms with van der Waals surface area (Å²) < 4.78 is 0.791.